The molecule has 0 unspecified atom stereocenters. The van der Waals surface area contributed by atoms with Gasteiger partial charge in [0, 0.05) is 53.0 Å². The molecule has 21 nitrogen and oxygen atoms in total. The zero-order chi connectivity index (χ0) is 59.1. The fourth-order valence-corrected chi connectivity index (χ4v) is 11.4. The third-order valence-corrected chi connectivity index (χ3v) is 17.4. The maximum atomic E-state index is 13.4. The van der Waals surface area contributed by atoms with Crippen LogP contribution in [0.25, 0.3) is 11.6 Å². The smallest absolute Gasteiger partial charge is 1.00 e. The van der Waals surface area contributed by atoms with Gasteiger partial charge in [0.15, 0.2) is 11.6 Å². The van der Waals surface area contributed by atoms with E-state index >= 15 is 0 Å². The molecule has 0 bridgehead atoms. The molecule has 3 N–H and O–H groups in total. The summed E-state index contributed by atoms with van der Waals surface area (Å²) in [6.45, 7) is 24.2. The third-order valence-electron chi connectivity index (χ3n) is 14.4. The number of benzene rings is 2. The van der Waals surface area contributed by atoms with Crippen LogP contribution >= 0.6 is 51.0 Å². The minimum absolute atomic E-state index is 0. The third kappa shape index (κ3) is 22.6. The number of carbonyl (C=O) groups excluding carboxylic acids is 3. The number of amides is 2. The number of nitrogens with one attached hydrogen (secondary N) is 3. The van der Waals surface area contributed by atoms with Gasteiger partial charge in [-0.25, -0.2) is 45.6 Å². The van der Waals surface area contributed by atoms with Crippen molar-refractivity contribution in [2.24, 2.45) is 22.7 Å². The molecule has 2 saturated heterocycles. The molecule has 0 spiro atoms. The number of carbonyl (C=O) groups is 3. The molecule has 2 aliphatic heterocycles. The van der Waals surface area contributed by atoms with Crippen molar-refractivity contribution in [2.45, 2.75) is 129 Å². The molecule has 2 amide bonds. The average Bonchev–Trinajstić information content (AvgIpc) is 1.97. The van der Waals surface area contributed by atoms with Crippen LogP contribution in [0.1, 0.15) is 127 Å². The molecule has 6 heterocycles. The standard InChI is InChI=1S/C28H35N5O4S.C21H21ClN4O4S.C7H15N.CH2O3.ClH.2K.2H2S.H/c1-19-6-8-21(9-7-19)38(35,36)31-26(34)22-10-11-23(29-25(22)32-17-20(2)16-27(32,3)4)33-15-12-24(30-33)37-18-28(5)13-14-28;1-14-3-5-15(6-4-14)31(28,29)25-20(27)16-7-8-17(23-19(16)22)26-12-9-18(24-26)30-13-21(2)10-11-21;1-6-4-7(2,3)8-5-6;2-1-4-3;;;;;;/h6-12,15,20H,13-14,16-18H2,1-5H3,(H,31,34);3-9,12H,10-11,13H2,1-2H3,(H,25,27);6,8H,4-5H2,1-3H3;1,3H;1H;;;2*1H2;/q;;;;;2*+1;;;-1/p-1/t20-;;6-;;;;;;;/m0.0......./s1. The molecule has 462 valence electrons. The molecule has 86 heavy (non-hydrogen) atoms. The Morgan fingerprint density at radius 3 is 1.45 bits per heavy atom. The fourth-order valence-electron chi connectivity index (χ4n) is 9.24. The topological polar surface area (TPSA) is 271 Å². The van der Waals surface area contributed by atoms with E-state index in [9.17, 15) is 26.4 Å². The summed E-state index contributed by atoms with van der Waals surface area (Å²) in [6, 6.07) is 22.2. The van der Waals surface area contributed by atoms with E-state index in [0.717, 1.165) is 49.1 Å². The normalized spacial score (nSPS) is 17.7. The molecule has 2 aromatic carbocycles. The second-order valence-corrected chi connectivity index (χ2v) is 27.2. The predicted octanol–water partition coefficient (Wildman–Crippen LogP) is 2.62. The Hall–Kier alpha value is -2.66. The van der Waals surface area contributed by atoms with Crippen LogP contribution in [0.4, 0.5) is 5.82 Å². The zero-order valence-corrected chi connectivity index (χ0v) is 62.2. The molecular weight excluding hydrogens is 1280 g/mol. The molecule has 4 aliphatic rings. The summed E-state index contributed by atoms with van der Waals surface area (Å²) >= 11 is 6.17. The number of aryl methyl sites for hydroxylation is 2. The molecule has 0 radical (unpaired) electrons. The maximum Gasteiger partial charge on any atom is 1.00 e. The minimum atomic E-state index is -4.06. The number of sulfonamides is 2. The monoisotopic (exact) mass is 1350 g/mol. The predicted molar refractivity (Wildman–Crippen MR) is 332 cm³/mol. The van der Waals surface area contributed by atoms with Crippen molar-refractivity contribution in [3.8, 4) is 23.4 Å². The van der Waals surface area contributed by atoms with Gasteiger partial charge in [0.2, 0.25) is 11.8 Å². The fraction of sp³-hybridized carbons (Fsp3) is 0.456. The zero-order valence-electron chi connectivity index (χ0n) is 51.8. The van der Waals surface area contributed by atoms with Crippen LogP contribution in [0.15, 0.2) is 107 Å². The van der Waals surface area contributed by atoms with Gasteiger partial charge in [-0.05, 0) is 147 Å². The summed E-state index contributed by atoms with van der Waals surface area (Å²) in [4.78, 5) is 48.3. The minimum Gasteiger partial charge on any atom is -1.00 e. The van der Waals surface area contributed by atoms with E-state index in [2.05, 4.69) is 90.4 Å². The molecule has 29 heteroatoms. The van der Waals surface area contributed by atoms with Crippen molar-refractivity contribution in [3.05, 3.63) is 125 Å². The number of halogens is 2. The summed E-state index contributed by atoms with van der Waals surface area (Å²) in [6.07, 6.45) is 10.3. The molecule has 2 aliphatic carbocycles. The summed E-state index contributed by atoms with van der Waals surface area (Å²) in [5, 5.41) is 20.6. The number of anilines is 1. The Labute approximate surface area is 617 Å². The molecule has 4 aromatic heterocycles. The van der Waals surface area contributed by atoms with Crippen molar-refractivity contribution in [2.75, 3.05) is 31.2 Å². The molecule has 10 rings (SSSR count). The van der Waals surface area contributed by atoms with Crippen LogP contribution in [0, 0.1) is 36.5 Å². The van der Waals surface area contributed by atoms with Crippen molar-refractivity contribution in [3.63, 3.8) is 0 Å². The van der Waals surface area contributed by atoms with Gasteiger partial charge in [-0.15, -0.1) is 22.6 Å². The van der Waals surface area contributed by atoms with Crippen molar-refractivity contribution in [1.82, 2.24) is 44.3 Å². The van der Waals surface area contributed by atoms with Crippen LogP contribution in [0.2, 0.25) is 5.15 Å². The van der Waals surface area contributed by atoms with Crippen molar-refractivity contribution in [1.29, 1.82) is 0 Å². The van der Waals surface area contributed by atoms with Crippen LogP contribution in [0.5, 0.6) is 11.8 Å². The number of hydrogen-bond acceptors (Lipinski definition) is 17. The van der Waals surface area contributed by atoms with E-state index < -0.39 is 31.9 Å². The number of nitrogens with zero attached hydrogens (tertiary/aromatic N) is 7. The van der Waals surface area contributed by atoms with Crippen LogP contribution in [0.3, 0.4) is 0 Å². The Bertz CT molecular complexity index is 3450. The first-order valence-electron chi connectivity index (χ1n) is 26.6. The molecular formula is C57H78Cl2K2N10O11S4. The van der Waals surface area contributed by atoms with Crippen LogP contribution < -0.4 is 137 Å². The van der Waals surface area contributed by atoms with Gasteiger partial charge in [0.25, 0.3) is 38.3 Å². The second-order valence-electron chi connectivity index (χ2n) is 23.4. The quantitative estimate of drug-likeness (QED) is 0.0413. The molecule has 2 atom stereocenters. The van der Waals surface area contributed by atoms with Gasteiger partial charge >= 0.3 is 103 Å². The van der Waals surface area contributed by atoms with E-state index in [1.165, 1.54) is 54.0 Å². The van der Waals surface area contributed by atoms with Crippen LogP contribution in [-0.4, -0.2) is 102 Å². The largest absolute Gasteiger partial charge is 1.00 e. The molecule has 4 fully saturated rings. The van der Waals surface area contributed by atoms with Gasteiger partial charge in [-0.2, -0.15) is 27.0 Å². The van der Waals surface area contributed by atoms with Crippen molar-refractivity contribution >= 4 is 95.2 Å². The average molecular weight is 1360 g/mol. The Morgan fingerprint density at radius 1 is 0.686 bits per heavy atom. The summed E-state index contributed by atoms with van der Waals surface area (Å²) in [5.74, 6) is 1.97. The molecule has 6 aromatic rings. The SMILES string of the molecule is C[C@@H]1CNC(C)(C)C1.Cc1ccc(S(=O)(=O)NC(=O)c2ccc(-n3ccc(OCC4(C)CC4)n3)nc2Cl)cc1.Cc1ccc(S(=O)(=O)NC(=O)c2ccc(-n3ccc(OCC4(C)CC4)n3)nc2N2C[C@@H](C)CC2(C)C)cc1.Cl.O=CO[O-].S.S.[H-].[K+].[K+]. The Kier molecular flexibility index (Phi) is 31.0. The first-order valence-corrected chi connectivity index (χ1v) is 29.9. The van der Waals surface area contributed by atoms with Crippen LogP contribution in [-0.2, 0) is 29.7 Å². The van der Waals surface area contributed by atoms with Gasteiger partial charge in [0.1, 0.15) is 11.0 Å². The van der Waals surface area contributed by atoms with E-state index in [1.54, 1.807) is 65.6 Å². The first-order chi connectivity index (χ1) is 38.0. The number of aromatic nitrogens is 6. The second kappa shape index (κ2) is 33.6. The number of ether oxygens (including phenoxy) is 2. The van der Waals surface area contributed by atoms with E-state index in [1.807, 2.05) is 18.6 Å². The number of pyridine rings is 2. The molecule has 2 saturated carbocycles. The van der Waals surface area contributed by atoms with Gasteiger partial charge in [-0.1, -0.05) is 74.7 Å². The Balaban J connectivity index is 0.000000697. The van der Waals surface area contributed by atoms with Gasteiger partial charge in [0.05, 0.1) is 34.1 Å². The first kappa shape index (κ1) is 79.4. The maximum absolute atomic E-state index is 13.4. The van der Waals surface area contributed by atoms with E-state index in [0.29, 0.717) is 60.4 Å². The summed E-state index contributed by atoms with van der Waals surface area (Å²) in [5.41, 5.74) is 2.58. The summed E-state index contributed by atoms with van der Waals surface area (Å²) in [7, 11) is -8.09. The number of rotatable bonds is 16. The van der Waals surface area contributed by atoms with E-state index in [4.69, 9.17) is 36.1 Å². The van der Waals surface area contributed by atoms with E-state index in [-0.39, 0.29) is 193 Å². The van der Waals surface area contributed by atoms with Crippen molar-refractivity contribution < 1.29 is 155 Å². The summed E-state index contributed by atoms with van der Waals surface area (Å²) < 4.78 is 69.8. The van der Waals surface area contributed by atoms with Gasteiger partial charge < -0.3 is 31.3 Å². The van der Waals surface area contributed by atoms with Gasteiger partial charge in [-0.3, -0.25) is 14.4 Å². The number of hydrogen-bond donors (Lipinski definition) is 3. The Morgan fingerprint density at radius 2 is 1.10 bits per heavy atom.